The zero-order valence-electron chi connectivity index (χ0n) is 12.6. The van der Waals surface area contributed by atoms with E-state index in [0.29, 0.717) is 18.7 Å². The van der Waals surface area contributed by atoms with E-state index < -0.39 is 0 Å². The van der Waals surface area contributed by atoms with E-state index in [1.807, 2.05) is 45.9 Å². The van der Waals surface area contributed by atoms with Crippen molar-refractivity contribution in [1.82, 2.24) is 4.90 Å². The second-order valence-corrected chi connectivity index (χ2v) is 5.09. The Balaban J connectivity index is 2.92. The highest BCUT2D eigenvalue weighted by Gasteiger charge is 2.20. The number of carbonyl (C=O) groups excluding carboxylic acids is 1. The minimum absolute atomic E-state index is 0.0254. The molecule has 0 aromatic heterocycles. The molecule has 0 heterocycles. The second kappa shape index (κ2) is 6.93. The molecule has 0 aliphatic rings. The predicted octanol–water partition coefficient (Wildman–Crippen LogP) is 2.15. The summed E-state index contributed by atoms with van der Waals surface area (Å²) in [6.45, 7) is 8.68. The lowest BCUT2D eigenvalue weighted by Crippen LogP contribution is -2.39. The Labute approximate surface area is 120 Å². The van der Waals surface area contributed by atoms with Crippen molar-refractivity contribution in [1.29, 1.82) is 0 Å². The zero-order chi connectivity index (χ0) is 15.3. The van der Waals surface area contributed by atoms with Gasteiger partial charge in [-0.15, -0.1) is 0 Å². The summed E-state index contributed by atoms with van der Waals surface area (Å²) in [4.78, 5) is 14.2. The molecule has 1 rings (SSSR count). The van der Waals surface area contributed by atoms with Crippen LogP contribution in [0.3, 0.4) is 0 Å². The zero-order valence-corrected chi connectivity index (χ0v) is 12.6. The Kier molecular flexibility index (Phi) is 5.55. The van der Waals surface area contributed by atoms with Crippen LogP contribution in [-0.4, -0.2) is 34.9 Å². The first-order chi connectivity index (χ1) is 9.40. The minimum Gasteiger partial charge on any atom is -0.409 e. The number of rotatable bonds is 5. The van der Waals surface area contributed by atoms with Crippen LogP contribution in [0.25, 0.3) is 0 Å². The maximum atomic E-state index is 12.5. The Morgan fingerprint density at radius 1 is 1.45 bits per heavy atom. The van der Waals surface area contributed by atoms with Gasteiger partial charge in [-0.1, -0.05) is 29.8 Å². The summed E-state index contributed by atoms with van der Waals surface area (Å²) >= 11 is 0. The summed E-state index contributed by atoms with van der Waals surface area (Å²) in [5, 5.41) is 11.7. The lowest BCUT2D eigenvalue weighted by molar-refractivity contribution is 0.0753. The number of nitrogens with zero attached hydrogens (tertiary/aromatic N) is 2. The summed E-state index contributed by atoms with van der Waals surface area (Å²) in [7, 11) is 0. The Bertz CT molecular complexity index is 512. The van der Waals surface area contributed by atoms with Crippen molar-refractivity contribution in [3.63, 3.8) is 0 Å². The largest absolute Gasteiger partial charge is 0.409 e. The van der Waals surface area contributed by atoms with Gasteiger partial charge in [-0.2, -0.15) is 0 Å². The number of benzene rings is 1. The van der Waals surface area contributed by atoms with Gasteiger partial charge in [0.2, 0.25) is 0 Å². The summed E-state index contributed by atoms with van der Waals surface area (Å²) in [6.07, 6.45) is 0. The van der Waals surface area contributed by atoms with Crippen LogP contribution >= 0.6 is 0 Å². The average Bonchev–Trinajstić information content (AvgIpc) is 2.42. The fourth-order valence-electron chi connectivity index (χ4n) is 2.10. The molecule has 0 aliphatic carbocycles. The fourth-order valence-corrected chi connectivity index (χ4v) is 2.10. The highest BCUT2D eigenvalue weighted by Crippen LogP contribution is 2.14. The molecule has 3 N–H and O–H groups in total. The van der Waals surface area contributed by atoms with Crippen molar-refractivity contribution in [3.05, 3.63) is 34.9 Å². The number of hydrogen-bond acceptors (Lipinski definition) is 3. The fraction of sp³-hybridized carbons (Fsp3) is 0.467. The van der Waals surface area contributed by atoms with Gasteiger partial charge in [0, 0.05) is 24.6 Å². The van der Waals surface area contributed by atoms with Crippen LogP contribution < -0.4 is 5.73 Å². The van der Waals surface area contributed by atoms with Crippen LogP contribution in [0.4, 0.5) is 0 Å². The number of nitrogens with two attached hydrogens (primary N) is 1. The quantitative estimate of drug-likeness (QED) is 0.374. The summed E-state index contributed by atoms with van der Waals surface area (Å²) in [5.74, 6) is -0.0749. The summed E-state index contributed by atoms with van der Waals surface area (Å²) < 4.78 is 0. The van der Waals surface area contributed by atoms with Crippen LogP contribution in [0, 0.1) is 19.8 Å². The van der Waals surface area contributed by atoms with Crippen LogP contribution in [0.1, 0.15) is 35.3 Å². The van der Waals surface area contributed by atoms with Gasteiger partial charge in [0.05, 0.1) is 0 Å². The molecule has 0 aliphatic heterocycles. The molecule has 5 heteroatoms. The first kappa shape index (κ1) is 16.0. The molecule has 0 saturated heterocycles. The van der Waals surface area contributed by atoms with Crippen LogP contribution in [0.15, 0.2) is 23.4 Å². The van der Waals surface area contributed by atoms with Gasteiger partial charge in [0.25, 0.3) is 5.91 Å². The molecule has 0 radical (unpaired) electrons. The molecular weight excluding hydrogens is 254 g/mol. The van der Waals surface area contributed by atoms with Crippen molar-refractivity contribution in [2.45, 2.75) is 27.7 Å². The van der Waals surface area contributed by atoms with Gasteiger partial charge >= 0.3 is 0 Å². The Morgan fingerprint density at radius 3 is 2.60 bits per heavy atom. The maximum absolute atomic E-state index is 12.5. The first-order valence-electron chi connectivity index (χ1n) is 6.74. The Hall–Kier alpha value is -2.04. The molecule has 1 amide bonds. The third kappa shape index (κ3) is 3.73. The van der Waals surface area contributed by atoms with Gasteiger partial charge < -0.3 is 15.8 Å². The third-order valence-electron chi connectivity index (χ3n) is 3.40. The van der Waals surface area contributed by atoms with Crippen molar-refractivity contribution >= 4 is 11.7 Å². The first-order valence-corrected chi connectivity index (χ1v) is 6.74. The number of hydrogen-bond donors (Lipinski definition) is 2. The van der Waals surface area contributed by atoms with Crippen molar-refractivity contribution in [3.8, 4) is 0 Å². The van der Waals surface area contributed by atoms with E-state index in [9.17, 15) is 4.79 Å². The highest BCUT2D eigenvalue weighted by molar-refractivity contribution is 5.96. The smallest absolute Gasteiger partial charge is 0.254 e. The molecule has 110 valence electrons. The number of oxime groups is 1. The van der Waals surface area contributed by atoms with E-state index in [1.165, 1.54) is 0 Å². The average molecular weight is 277 g/mol. The van der Waals surface area contributed by atoms with Crippen LogP contribution in [0.2, 0.25) is 0 Å². The van der Waals surface area contributed by atoms with Gasteiger partial charge in [-0.3, -0.25) is 4.79 Å². The predicted molar refractivity (Wildman–Crippen MR) is 80.1 cm³/mol. The molecule has 0 spiro atoms. The molecule has 1 atom stereocenters. The molecule has 0 bridgehead atoms. The van der Waals surface area contributed by atoms with Crippen LogP contribution in [-0.2, 0) is 0 Å². The second-order valence-electron chi connectivity index (χ2n) is 5.09. The number of amidine groups is 1. The van der Waals surface area contributed by atoms with Crippen LogP contribution in [0.5, 0.6) is 0 Å². The number of aryl methyl sites for hydroxylation is 2. The number of carbonyl (C=O) groups is 1. The lowest BCUT2D eigenvalue weighted by Gasteiger charge is -2.25. The van der Waals surface area contributed by atoms with Crippen molar-refractivity contribution in [2.24, 2.45) is 16.8 Å². The molecular formula is C15H23N3O2. The van der Waals surface area contributed by atoms with Gasteiger partial charge in [-0.25, -0.2) is 0 Å². The maximum Gasteiger partial charge on any atom is 0.254 e. The van der Waals surface area contributed by atoms with E-state index in [0.717, 1.165) is 11.1 Å². The summed E-state index contributed by atoms with van der Waals surface area (Å²) in [5.41, 5.74) is 8.36. The van der Waals surface area contributed by atoms with E-state index in [4.69, 9.17) is 10.9 Å². The summed E-state index contributed by atoms with van der Waals surface area (Å²) in [6, 6.07) is 5.78. The number of amides is 1. The SMILES string of the molecule is CCN(CC(C)C(N)=NO)C(=O)c1ccc(C)cc1C. The van der Waals surface area contributed by atoms with E-state index in [-0.39, 0.29) is 17.7 Å². The molecule has 0 saturated carbocycles. The molecule has 20 heavy (non-hydrogen) atoms. The van der Waals surface area contributed by atoms with Crippen molar-refractivity contribution < 1.29 is 10.0 Å². The Morgan fingerprint density at radius 2 is 2.10 bits per heavy atom. The molecule has 5 nitrogen and oxygen atoms in total. The van der Waals surface area contributed by atoms with E-state index in [1.54, 1.807) is 4.90 Å². The van der Waals surface area contributed by atoms with Gasteiger partial charge in [0.1, 0.15) is 5.84 Å². The monoisotopic (exact) mass is 277 g/mol. The third-order valence-corrected chi connectivity index (χ3v) is 3.40. The standard InChI is InChI=1S/C15H23N3O2/c1-5-18(9-12(4)14(16)17-20)15(19)13-7-6-10(2)8-11(13)3/h6-8,12,20H,5,9H2,1-4H3,(H2,16,17). The normalized spacial score (nSPS) is 13.1. The molecule has 1 aromatic carbocycles. The van der Waals surface area contributed by atoms with E-state index in [2.05, 4.69) is 5.16 Å². The van der Waals surface area contributed by atoms with Gasteiger partial charge in [-0.05, 0) is 32.4 Å². The van der Waals surface area contributed by atoms with Gasteiger partial charge in [0.15, 0.2) is 0 Å². The van der Waals surface area contributed by atoms with Crippen molar-refractivity contribution in [2.75, 3.05) is 13.1 Å². The molecule has 0 fully saturated rings. The molecule has 1 aromatic rings. The topological polar surface area (TPSA) is 78.9 Å². The molecule has 1 unspecified atom stereocenters. The minimum atomic E-state index is -0.186. The highest BCUT2D eigenvalue weighted by atomic mass is 16.4. The van der Waals surface area contributed by atoms with E-state index >= 15 is 0 Å². The lowest BCUT2D eigenvalue weighted by atomic mass is 10.0.